The SMILES string of the molecule is COc1ccc([C@H]2[C@H](C(=O)NCc3ccc(F)cc3F)CCC(=O)N2C)cc1. The molecule has 1 saturated heterocycles. The van der Waals surface area contributed by atoms with Gasteiger partial charge in [0.25, 0.3) is 0 Å². The number of ether oxygens (including phenoxy) is 1. The maximum atomic E-state index is 13.8. The van der Waals surface area contributed by atoms with Crippen LogP contribution in [0.1, 0.15) is 30.0 Å². The average Bonchev–Trinajstić information content (AvgIpc) is 2.69. The molecule has 0 bridgehead atoms. The highest BCUT2D eigenvalue weighted by Crippen LogP contribution is 2.36. The van der Waals surface area contributed by atoms with Crippen LogP contribution in [-0.2, 0) is 16.1 Å². The molecule has 0 unspecified atom stereocenters. The fourth-order valence-corrected chi connectivity index (χ4v) is 3.55. The number of hydrogen-bond acceptors (Lipinski definition) is 3. The van der Waals surface area contributed by atoms with Crippen molar-refractivity contribution in [2.24, 2.45) is 5.92 Å². The number of nitrogens with zero attached hydrogens (tertiary/aromatic N) is 1. The highest BCUT2D eigenvalue weighted by molar-refractivity contribution is 5.84. The lowest BCUT2D eigenvalue weighted by Crippen LogP contribution is -2.46. The zero-order valence-corrected chi connectivity index (χ0v) is 15.7. The Morgan fingerprint density at radius 2 is 1.93 bits per heavy atom. The molecule has 2 amide bonds. The van der Waals surface area contributed by atoms with E-state index in [9.17, 15) is 18.4 Å². The Balaban J connectivity index is 1.78. The summed E-state index contributed by atoms with van der Waals surface area (Å²) in [5.41, 5.74) is 1.03. The summed E-state index contributed by atoms with van der Waals surface area (Å²) in [7, 11) is 3.24. The lowest BCUT2D eigenvalue weighted by atomic mass is 9.84. The van der Waals surface area contributed by atoms with E-state index in [1.54, 1.807) is 31.2 Å². The molecule has 1 fully saturated rings. The molecule has 0 saturated carbocycles. The summed E-state index contributed by atoms with van der Waals surface area (Å²) in [4.78, 5) is 26.6. The fourth-order valence-electron chi connectivity index (χ4n) is 3.55. The minimum atomic E-state index is -0.706. The predicted octanol–water partition coefficient (Wildman–Crippen LogP) is 3.20. The molecule has 1 aliphatic heterocycles. The topological polar surface area (TPSA) is 58.6 Å². The molecule has 2 aromatic rings. The minimum absolute atomic E-state index is 0.0329. The van der Waals surface area contributed by atoms with E-state index in [0.29, 0.717) is 12.2 Å². The van der Waals surface area contributed by atoms with Gasteiger partial charge in [-0.1, -0.05) is 18.2 Å². The standard InChI is InChI=1S/C21H22F2N2O3/c1-25-19(26)10-9-17(20(25)13-4-7-16(28-2)8-5-13)21(27)24-12-14-3-6-15(22)11-18(14)23/h3-8,11,17,20H,9-10,12H2,1-2H3,(H,24,27)/t17-,20+/m1/s1. The number of hydrogen-bond donors (Lipinski definition) is 1. The third-order valence-electron chi connectivity index (χ3n) is 5.12. The molecule has 2 aromatic carbocycles. The summed E-state index contributed by atoms with van der Waals surface area (Å²) >= 11 is 0. The molecular weight excluding hydrogens is 366 g/mol. The van der Waals surface area contributed by atoms with E-state index < -0.39 is 23.6 Å². The van der Waals surface area contributed by atoms with Crippen molar-refractivity contribution in [2.75, 3.05) is 14.2 Å². The molecule has 2 atom stereocenters. The number of carbonyl (C=O) groups is 2. The van der Waals surface area contributed by atoms with Crippen LogP contribution in [0, 0.1) is 17.6 Å². The Bertz CT molecular complexity index is 870. The van der Waals surface area contributed by atoms with Crippen molar-refractivity contribution < 1.29 is 23.1 Å². The van der Waals surface area contributed by atoms with E-state index >= 15 is 0 Å². The van der Waals surface area contributed by atoms with Gasteiger partial charge in [0.15, 0.2) is 0 Å². The van der Waals surface area contributed by atoms with Gasteiger partial charge in [0.1, 0.15) is 17.4 Å². The van der Waals surface area contributed by atoms with Gasteiger partial charge in [0.2, 0.25) is 11.8 Å². The maximum Gasteiger partial charge on any atom is 0.225 e. The number of piperidine rings is 1. The molecule has 1 heterocycles. The Hall–Kier alpha value is -2.96. The Morgan fingerprint density at radius 1 is 1.21 bits per heavy atom. The smallest absolute Gasteiger partial charge is 0.225 e. The number of carbonyl (C=O) groups excluding carboxylic acids is 2. The number of likely N-dealkylation sites (tertiary alicyclic amines) is 1. The van der Waals surface area contributed by atoms with Crippen LogP contribution >= 0.6 is 0 Å². The van der Waals surface area contributed by atoms with Gasteiger partial charge in [0, 0.05) is 31.6 Å². The van der Waals surface area contributed by atoms with Crippen LogP contribution in [0.3, 0.4) is 0 Å². The first-order valence-corrected chi connectivity index (χ1v) is 9.02. The number of rotatable bonds is 5. The van der Waals surface area contributed by atoms with E-state index in [0.717, 1.165) is 17.7 Å². The van der Waals surface area contributed by atoms with Crippen molar-refractivity contribution >= 4 is 11.8 Å². The molecule has 0 spiro atoms. The molecule has 3 rings (SSSR count). The van der Waals surface area contributed by atoms with Crippen LogP contribution in [0.4, 0.5) is 8.78 Å². The number of benzene rings is 2. The summed E-state index contributed by atoms with van der Waals surface area (Å²) in [6.07, 6.45) is 0.670. The highest BCUT2D eigenvalue weighted by atomic mass is 19.1. The number of nitrogens with one attached hydrogen (secondary N) is 1. The molecule has 0 aliphatic carbocycles. The molecular formula is C21H22F2N2O3. The summed E-state index contributed by atoms with van der Waals surface area (Å²) in [6, 6.07) is 10.0. The van der Waals surface area contributed by atoms with Gasteiger partial charge in [0.05, 0.1) is 19.1 Å². The van der Waals surface area contributed by atoms with Gasteiger partial charge >= 0.3 is 0 Å². The van der Waals surface area contributed by atoms with E-state index in [1.165, 1.54) is 6.07 Å². The third kappa shape index (κ3) is 4.13. The van der Waals surface area contributed by atoms with E-state index in [-0.39, 0.29) is 30.3 Å². The van der Waals surface area contributed by atoms with Gasteiger partial charge in [-0.15, -0.1) is 0 Å². The molecule has 0 radical (unpaired) electrons. The first-order valence-electron chi connectivity index (χ1n) is 9.02. The molecule has 0 aromatic heterocycles. The van der Waals surface area contributed by atoms with Crippen LogP contribution in [0.15, 0.2) is 42.5 Å². The first-order chi connectivity index (χ1) is 13.4. The third-order valence-corrected chi connectivity index (χ3v) is 5.12. The average molecular weight is 388 g/mol. The van der Waals surface area contributed by atoms with E-state index in [2.05, 4.69) is 5.32 Å². The van der Waals surface area contributed by atoms with Gasteiger partial charge in [-0.05, 0) is 30.2 Å². The highest BCUT2D eigenvalue weighted by Gasteiger charge is 2.38. The zero-order valence-electron chi connectivity index (χ0n) is 15.7. The second-order valence-corrected chi connectivity index (χ2v) is 6.82. The molecule has 7 heteroatoms. The van der Waals surface area contributed by atoms with Crippen LogP contribution in [0.5, 0.6) is 5.75 Å². The zero-order chi connectivity index (χ0) is 20.3. The fraction of sp³-hybridized carbons (Fsp3) is 0.333. The minimum Gasteiger partial charge on any atom is -0.497 e. The number of methoxy groups -OCH3 is 1. The summed E-state index contributed by atoms with van der Waals surface area (Å²) in [5.74, 6) is -1.47. The van der Waals surface area contributed by atoms with Crippen LogP contribution in [-0.4, -0.2) is 30.9 Å². The van der Waals surface area contributed by atoms with E-state index in [1.807, 2.05) is 12.1 Å². The number of halogens is 2. The second-order valence-electron chi connectivity index (χ2n) is 6.82. The lowest BCUT2D eigenvalue weighted by Gasteiger charge is -2.38. The maximum absolute atomic E-state index is 13.8. The monoisotopic (exact) mass is 388 g/mol. The van der Waals surface area contributed by atoms with Crippen LogP contribution in [0.2, 0.25) is 0 Å². The molecule has 5 nitrogen and oxygen atoms in total. The largest absolute Gasteiger partial charge is 0.497 e. The lowest BCUT2D eigenvalue weighted by molar-refractivity contribution is -0.141. The Morgan fingerprint density at radius 3 is 2.57 bits per heavy atom. The van der Waals surface area contributed by atoms with Gasteiger partial charge in [-0.25, -0.2) is 8.78 Å². The Labute approximate surface area is 162 Å². The Kier molecular flexibility index (Phi) is 5.92. The summed E-state index contributed by atoms with van der Waals surface area (Å²) in [6.45, 7) is -0.0472. The van der Waals surface area contributed by atoms with Gasteiger partial charge in [-0.2, -0.15) is 0 Å². The van der Waals surface area contributed by atoms with Gasteiger partial charge in [-0.3, -0.25) is 9.59 Å². The van der Waals surface area contributed by atoms with Gasteiger partial charge < -0.3 is 15.0 Å². The summed E-state index contributed by atoms with van der Waals surface area (Å²) < 4.78 is 32.0. The molecule has 1 N–H and O–H groups in total. The van der Waals surface area contributed by atoms with Crippen molar-refractivity contribution in [3.8, 4) is 5.75 Å². The first kappa shape index (κ1) is 19.8. The second kappa shape index (κ2) is 8.37. The van der Waals surface area contributed by atoms with Crippen molar-refractivity contribution in [2.45, 2.75) is 25.4 Å². The molecule has 28 heavy (non-hydrogen) atoms. The van der Waals surface area contributed by atoms with Crippen molar-refractivity contribution in [1.82, 2.24) is 10.2 Å². The van der Waals surface area contributed by atoms with Crippen LogP contribution in [0.25, 0.3) is 0 Å². The van der Waals surface area contributed by atoms with Crippen LogP contribution < -0.4 is 10.1 Å². The molecule has 1 aliphatic rings. The van der Waals surface area contributed by atoms with Crippen molar-refractivity contribution in [3.63, 3.8) is 0 Å². The number of amides is 2. The van der Waals surface area contributed by atoms with Crippen molar-refractivity contribution in [1.29, 1.82) is 0 Å². The van der Waals surface area contributed by atoms with Crippen molar-refractivity contribution in [3.05, 3.63) is 65.2 Å². The molecule has 148 valence electrons. The normalized spacial score (nSPS) is 19.4. The summed E-state index contributed by atoms with van der Waals surface area (Å²) in [5, 5.41) is 2.72. The van der Waals surface area contributed by atoms with E-state index in [4.69, 9.17) is 4.74 Å². The quantitative estimate of drug-likeness (QED) is 0.856. The predicted molar refractivity (Wildman–Crippen MR) is 99.4 cm³/mol.